The van der Waals surface area contributed by atoms with Gasteiger partial charge in [0.1, 0.15) is 13.2 Å². The maximum Gasteiger partial charge on any atom is 0.407 e. The van der Waals surface area contributed by atoms with E-state index in [1.54, 1.807) is 0 Å². The molecule has 4 rings (SSSR count). The summed E-state index contributed by atoms with van der Waals surface area (Å²) in [6.07, 6.45) is 1.89. The van der Waals surface area contributed by atoms with Crippen LogP contribution in [0.25, 0.3) is 11.1 Å². The third-order valence-corrected chi connectivity index (χ3v) is 6.26. The molecule has 2 atom stereocenters. The SMILES string of the molecule is O=C(O)CNC(=O)[C@H]1CCC[C@H]1CNC(=O)OCC1c2ccccc2-c2ccccc21. The average Bonchev–Trinajstić information content (AvgIpc) is 3.37. The maximum absolute atomic E-state index is 12.4. The second kappa shape index (κ2) is 9.20. The van der Waals surface area contributed by atoms with Gasteiger partial charge < -0.3 is 20.5 Å². The zero-order valence-electron chi connectivity index (χ0n) is 17.2. The van der Waals surface area contributed by atoms with Gasteiger partial charge in [0.25, 0.3) is 0 Å². The van der Waals surface area contributed by atoms with E-state index in [2.05, 4.69) is 34.9 Å². The van der Waals surface area contributed by atoms with Gasteiger partial charge in [-0.25, -0.2) is 4.79 Å². The molecule has 0 unspecified atom stereocenters. The summed E-state index contributed by atoms with van der Waals surface area (Å²) in [5.74, 6) is -1.64. The minimum absolute atomic E-state index is 0.000763. The van der Waals surface area contributed by atoms with Crippen LogP contribution in [0, 0.1) is 11.8 Å². The molecule has 0 saturated heterocycles. The first kappa shape index (κ1) is 20.9. The highest BCUT2D eigenvalue weighted by Gasteiger charge is 2.33. The molecule has 7 nitrogen and oxygen atoms in total. The summed E-state index contributed by atoms with van der Waals surface area (Å²) >= 11 is 0. The largest absolute Gasteiger partial charge is 0.480 e. The molecule has 0 spiro atoms. The molecule has 0 aliphatic heterocycles. The van der Waals surface area contributed by atoms with E-state index in [9.17, 15) is 14.4 Å². The molecule has 2 aromatic rings. The van der Waals surface area contributed by atoms with Gasteiger partial charge in [-0.05, 0) is 41.0 Å². The van der Waals surface area contributed by atoms with Crippen molar-refractivity contribution in [1.82, 2.24) is 10.6 Å². The van der Waals surface area contributed by atoms with Crippen LogP contribution < -0.4 is 10.6 Å². The van der Waals surface area contributed by atoms with Crippen molar-refractivity contribution in [3.63, 3.8) is 0 Å². The van der Waals surface area contributed by atoms with Crippen molar-refractivity contribution in [2.75, 3.05) is 19.7 Å². The smallest absolute Gasteiger partial charge is 0.407 e. The third-order valence-electron chi connectivity index (χ3n) is 6.26. The van der Waals surface area contributed by atoms with E-state index in [4.69, 9.17) is 9.84 Å². The van der Waals surface area contributed by atoms with E-state index in [0.717, 1.165) is 24.0 Å². The van der Waals surface area contributed by atoms with E-state index in [-0.39, 0.29) is 36.8 Å². The lowest BCUT2D eigenvalue weighted by Gasteiger charge is -2.20. The van der Waals surface area contributed by atoms with Crippen LogP contribution in [-0.2, 0) is 14.3 Å². The van der Waals surface area contributed by atoms with E-state index in [0.29, 0.717) is 13.0 Å². The number of nitrogens with one attached hydrogen (secondary N) is 2. The Morgan fingerprint density at radius 2 is 1.58 bits per heavy atom. The maximum atomic E-state index is 12.4. The molecule has 2 aliphatic rings. The van der Waals surface area contributed by atoms with Crippen LogP contribution in [0.15, 0.2) is 48.5 Å². The zero-order valence-corrected chi connectivity index (χ0v) is 17.2. The predicted octanol–water partition coefficient (Wildman–Crippen LogP) is 3.14. The van der Waals surface area contributed by atoms with Gasteiger partial charge in [0.15, 0.2) is 0 Å². The Morgan fingerprint density at radius 3 is 2.23 bits per heavy atom. The monoisotopic (exact) mass is 422 g/mol. The molecule has 0 bridgehead atoms. The minimum atomic E-state index is -1.07. The van der Waals surface area contributed by atoms with Crippen molar-refractivity contribution in [3.05, 3.63) is 59.7 Å². The number of aliphatic carboxylic acids is 1. The van der Waals surface area contributed by atoms with Gasteiger partial charge >= 0.3 is 12.1 Å². The van der Waals surface area contributed by atoms with Crippen molar-refractivity contribution >= 4 is 18.0 Å². The minimum Gasteiger partial charge on any atom is -0.480 e. The van der Waals surface area contributed by atoms with Gasteiger partial charge in [-0.3, -0.25) is 9.59 Å². The third kappa shape index (κ3) is 4.55. The summed E-state index contributed by atoms with van der Waals surface area (Å²) in [6, 6.07) is 16.3. The Hall–Kier alpha value is -3.35. The molecule has 1 saturated carbocycles. The van der Waals surface area contributed by atoms with Gasteiger partial charge in [-0.2, -0.15) is 0 Å². The van der Waals surface area contributed by atoms with Crippen LogP contribution in [0.3, 0.4) is 0 Å². The number of ether oxygens (including phenoxy) is 1. The van der Waals surface area contributed by atoms with E-state index < -0.39 is 12.1 Å². The Kier molecular flexibility index (Phi) is 6.21. The zero-order chi connectivity index (χ0) is 21.8. The van der Waals surface area contributed by atoms with Gasteiger partial charge in [0.2, 0.25) is 5.91 Å². The van der Waals surface area contributed by atoms with Crippen molar-refractivity contribution in [3.8, 4) is 11.1 Å². The molecule has 31 heavy (non-hydrogen) atoms. The first-order valence-electron chi connectivity index (χ1n) is 10.6. The van der Waals surface area contributed by atoms with Gasteiger partial charge in [0.05, 0.1) is 0 Å². The first-order chi connectivity index (χ1) is 15.0. The summed E-state index contributed by atoms with van der Waals surface area (Å²) in [7, 11) is 0. The summed E-state index contributed by atoms with van der Waals surface area (Å²) in [5.41, 5.74) is 4.66. The number of alkyl carbamates (subject to hydrolysis) is 1. The lowest BCUT2D eigenvalue weighted by atomic mass is 9.95. The summed E-state index contributed by atoms with van der Waals surface area (Å²) in [6.45, 7) is 0.191. The molecule has 1 fully saturated rings. The van der Waals surface area contributed by atoms with Crippen LogP contribution >= 0.6 is 0 Å². The Bertz CT molecular complexity index is 944. The van der Waals surface area contributed by atoms with E-state index in [1.165, 1.54) is 11.1 Å². The van der Waals surface area contributed by atoms with Gasteiger partial charge in [-0.15, -0.1) is 0 Å². The highest BCUT2D eigenvalue weighted by atomic mass is 16.5. The molecule has 0 heterocycles. The first-order valence-corrected chi connectivity index (χ1v) is 10.6. The second-order valence-electron chi connectivity index (χ2n) is 8.12. The number of fused-ring (bicyclic) bond motifs is 3. The highest BCUT2D eigenvalue weighted by molar-refractivity contribution is 5.83. The van der Waals surface area contributed by atoms with E-state index >= 15 is 0 Å². The average molecular weight is 422 g/mol. The van der Waals surface area contributed by atoms with Crippen LogP contribution in [0.1, 0.15) is 36.3 Å². The number of carboxylic acids is 1. The molecule has 2 aliphatic carbocycles. The quantitative estimate of drug-likeness (QED) is 0.636. The standard InChI is InChI=1S/C24H26N2O5/c27-22(28)13-25-23(29)16-11-5-6-15(16)12-26-24(30)31-14-21-19-9-3-1-7-17(19)18-8-2-4-10-20(18)21/h1-4,7-10,15-16,21H,5-6,11-14H2,(H,25,29)(H,26,30)(H,27,28)/t15-,16-/m0/s1. The van der Waals surface area contributed by atoms with Crippen LogP contribution in [0.5, 0.6) is 0 Å². The fourth-order valence-corrected chi connectivity index (χ4v) is 4.78. The molecule has 0 aromatic heterocycles. The van der Waals surface area contributed by atoms with Gasteiger partial charge in [-0.1, -0.05) is 55.0 Å². The van der Waals surface area contributed by atoms with Gasteiger partial charge in [0, 0.05) is 18.4 Å². The number of carboxylic acid groups (broad SMARTS) is 1. The molecular formula is C24H26N2O5. The number of benzene rings is 2. The summed E-state index contributed by atoms with van der Waals surface area (Å²) in [5, 5.41) is 14.0. The topological polar surface area (TPSA) is 105 Å². The number of hydrogen-bond acceptors (Lipinski definition) is 4. The summed E-state index contributed by atoms with van der Waals surface area (Å²) in [4.78, 5) is 35.2. The summed E-state index contributed by atoms with van der Waals surface area (Å²) < 4.78 is 5.55. The molecule has 162 valence electrons. The number of rotatable bonds is 7. The molecule has 2 aromatic carbocycles. The lowest BCUT2D eigenvalue weighted by molar-refractivity contribution is -0.138. The molecule has 2 amide bonds. The van der Waals surface area contributed by atoms with Crippen molar-refractivity contribution < 1.29 is 24.2 Å². The lowest BCUT2D eigenvalue weighted by Crippen LogP contribution is -2.39. The number of amides is 2. The molecule has 0 radical (unpaired) electrons. The Morgan fingerprint density at radius 1 is 0.935 bits per heavy atom. The van der Waals surface area contributed by atoms with Crippen LogP contribution in [0.2, 0.25) is 0 Å². The van der Waals surface area contributed by atoms with Crippen LogP contribution in [0.4, 0.5) is 4.79 Å². The Balaban J connectivity index is 1.31. The van der Waals surface area contributed by atoms with Crippen molar-refractivity contribution in [1.29, 1.82) is 0 Å². The highest BCUT2D eigenvalue weighted by Crippen LogP contribution is 2.44. The molecular weight excluding hydrogens is 396 g/mol. The number of hydrogen-bond donors (Lipinski definition) is 3. The Labute approximate surface area is 180 Å². The van der Waals surface area contributed by atoms with Crippen LogP contribution in [-0.4, -0.2) is 42.8 Å². The molecule has 7 heteroatoms. The number of carbonyl (C=O) groups is 3. The normalized spacial score (nSPS) is 19.4. The number of carbonyl (C=O) groups excluding carboxylic acids is 2. The molecule has 3 N–H and O–H groups in total. The predicted molar refractivity (Wildman–Crippen MR) is 115 cm³/mol. The van der Waals surface area contributed by atoms with Crippen molar-refractivity contribution in [2.24, 2.45) is 11.8 Å². The fourth-order valence-electron chi connectivity index (χ4n) is 4.78. The fraction of sp³-hybridized carbons (Fsp3) is 0.375. The van der Waals surface area contributed by atoms with Crippen molar-refractivity contribution in [2.45, 2.75) is 25.2 Å². The van der Waals surface area contributed by atoms with E-state index in [1.807, 2.05) is 24.3 Å². The second-order valence-corrected chi connectivity index (χ2v) is 8.12.